The number of imidazole rings is 1. The largest absolute Gasteiger partial charge is 0 e. The normalized spacial score (nSPS) is 11.7. The molecule has 0 unspecified atom stereocenters. The summed E-state index contributed by atoms with van der Waals surface area (Å²) >= 11 is 0.121. The minimum absolute atomic E-state index is 0. The van der Waals surface area contributed by atoms with Crippen molar-refractivity contribution in [2.45, 2.75) is 56.8 Å². The molecule has 3 aromatic heterocycles. The van der Waals surface area contributed by atoms with Crippen LogP contribution in [0.3, 0.4) is 0 Å². The van der Waals surface area contributed by atoms with Crippen LogP contribution in [0.2, 0.25) is 17.3 Å². The van der Waals surface area contributed by atoms with Gasteiger partial charge in [-0.2, -0.15) is 11.3 Å². The predicted octanol–water partition coefficient (Wildman–Crippen LogP) is 15.0. The van der Waals surface area contributed by atoms with Crippen LogP contribution >= 0.6 is 11.3 Å². The van der Waals surface area contributed by atoms with E-state index in [9.17, 15) is 0 Å². The van der Waals surface area contributed by atoms with Crippen molar-refractivity contribution in [3.63, 3.8) is 0 Å². The maximum atomic E-state index is 5.45. The molecule has 0 aliphatic carbocycles. The SMILES string of the molecule is CC(C)c1cc(-c2ccccc2)cc(C(C)C)c1-n1c(-c2[c-]ccc3c2sc2ccccc23)nc2ccc3ccccc3c21.[CH3][Ge]([CH3])([CH3])[c]1ccc(-c2[c-]cccc2)nc1.[Ir]. The Morgan fingerprint density at radius 3 is 1.98 bits per heavy atom. The van der Waals surface area contributed by atoms with Crippen molar-refractivity contribution in [3.8, 4) is 39.5 Å². The van der Waals surface area contributed by atoms with Gasteiger partial charge in [0.1, 0.15) is 0 Å². The average Bonchev–Trinajstić information content (AvgIpc) is 3.86. The van der Waals surface area contributed by atoms with Crippen LogP contribution in [-0.2, 0) is 20.1 Å². The second kappa shape index (κ2) is 17.7. The first kappa shape index (κ1) is 42.5. The van der Waals surface area contributed by atoms with Crippen LogP contribution in [0.25, 0.3) is 81.4 Å². The smallest absolute Gasteiger partial charge is 0 e. The molecular formula is C55H49GeIrN3S-2. The van der Waals surface area contributed by atoms with E-state index in [2.05, 4.69) is 194 Å². The maximum Gasteiger partial charge on any atom is 0 e. The van der Waals surface area contributed by atoms with Crippen LogP contribution in [0.1, 0.15) is 50.7 Å². The van der Waals surface area contributed by atoms with Gasteiger partial charge in [0.2, 0.25) is 0 Å². The van der Waals surface area contributed by atoms with Gasteiger partial charge in [-0.05, 0) is 73.8 Å². The molecule has 0 amide bonds. The summed E-state index contributed by atoms with van der Waals surface area (Å²) in [6.45, 7) is 9.25. The maximum absolute atomic E-state index is 5.45. The van der Waals surface area contributed by atoms with Gasteiger partial charge in [-0.1, -0.05) is 118 Å². The molecule has 3 heterocycles. The van der Waals surface area contributed by atoms with E-state index in [1.54, 1.807) is 0 Å². The van der Waals surface area contributed by atoms with Crippen molar-refractivity contribution in [2.75, 3.05) is 0 Å². The molecule has 0 atom stereocenters. The second-order valence-corrected chi connectivity index (χ2v) is 29.0. The van der Waals surface area contributed by atoms with Crippen molar-refractivity contribution >= 4 is 71.0 Å². The molecule has 0 spiro atoms. The summed E-state index contributed by atoms with van der Waals surface area (Å²) in [7, 11) is 0. The van der Waals surface area contributed by atoms with Crippen molar-refractivity contribution in [1.82, 2.24) is 14.5 Å². The number of nitrogens with zero attached hydrogens (tertiary/aromatic N) is 3. The first-order chi connectivity index (χ1) is 29.1. The summed E-state index contributed by atoms with van der Waals surface area (Å²) in [6.07, 6.45) is 2.04. The molecule has 3 nitrogen and oxygen atoms in total. The Morgan fingerprint density at radius 1 is 0.623 bits per heavy atom. The van der Waals surface area contributed by atoms with Crippen LogP contribution < -0.4 is 4.40 Å². The molecule has 1 radical (unpaired) electrons. The zero-order valence-electron chi connectivity index (χ0n) is 35.7. The van der Waals surface area contributed by atoms with Crippen LogP contribution in [0.4, 0.5) is 0 Å². The number of thiophene rings is 1. The van der Waals surface area contributed by atoms with Gasteiger partial charge in [0.15, 0.2) is 0 Å². The minimum Gasteiger partial charge on any atom is 0 e. The minimum atomic E-state index is -1.72. The van der Waals surface area contributed by atoms with E-state index < -0.39 is 13.3 Å². The molecule has 6 heteroatoms. The summed E-state index contributed by atoms with van der Waals surface area (Å²) in [6, 6.07) is 60.8. The first-order valence-electron chi connectivity index (χ1n) is 21.0. The first-order valence-corrected chi connectivity index (χ1v) is 29.1. The van der Waals surface area contributed by atoms with Gasteiger partial charge >= 0.3 is 99.8 Å². The molecule has 0 saturated heterocycles. The Hall–Kier alpha value is -5.17. The Morgan fingerprint density at radius 2 is 1.31 bits per heavy atom. The van der Waals surface area contributed by atoms with Gasteiger partial charge in [0.05, 0.1) is 16.9 Å². The Balaban J connectivity index is 0.000000255. The van der Waals surface area contributed by atoms with Gasteiger partial charge in [-0.25, -0.2) is 0 Å². The summed E-state index contributed by atoms with van der Waals surface area (Å²) < 4.78 is 6.44. The fourth-order valence-electron chi connectivity index (χ4n) is 8.25. The van der Waals surface area contributed by atoms with Crippen molar-refractivity contribution in [2.24, 2.45) is 0 Å². The number of rotatable bonds is 7. The molecule has 0 N–H and O–H groups in total. The average molecular weight is 1050 g/mol. The van der Waals surface area contributed by atoms with Crippen LogP contribution in [0.5, 0.6) is 0 Å². The topological polar surface area (TPSA) is 30.7 Å². The van der Waals surface area contributed by atoms with E-state index in [0.717, 1.165) is 33.7 Å². The second-order valence-electron chi connectivity index (χ2n) is 17.3. The van der Waals surface area contributed by atoms with Gasteiger partial charge in [0, 0.05) is 35.9 Å². The van der Waals surface area contributed by atoms with Crippen molar-refractivity contribution < 1.29 is 20.1 Å². The van der Waals surface area contributed by atoms with E-state index in [0.29, 0.717) is 11.8 Å². The zero-order valence-corrected chi connectivity index (χ0v) is 41.1. The molecule has 7 aromatic carbocycles. The standard InChI is InChI=1S/C41H33N2S.C14H16GeN.Ir/c1-25(2)34-23-29(27-13-6-5-7-14-27)24-35(26(3)4)38(34)43-39-30-16-9-8-15-28(30)21-22-36(39)42-41(43)33-19-12-18-32-31-17-10-11-20-37(31)44-40(32)33;1-15(2,3)13-9-10-14(16-11-13)12-7-5-4-6-8-12;/h5-18,20-26H,1-4H3;4-7,9-11H,1-3H3;/q2*-1;. The van der Waals surface area contributed by atoms with Gasteiger partial charge in [-0.3, -0.25) is 4.98 Å². The van der Waals surface area contributed by atoms with E-state index in [-0.39, 0.29) is 20.1 Å². The van der Waals surface area contributed by atoms with E-state index in [1.165, 1.54) is 63.3 Å². The molecule has 10 aromatic rings. The third-order valence-electron chi connectivity index (χ3n) is 11.5. The Labute approximate surface area is 380 Å². The third-order valence-corrected chi connectivity index (χ3v) is 16.9. The van der Waals surface area contributed by atoms with Crippen molar-refractivity contribution in [3.05, 3.63) is 181 Å². The number of pyridine rings is 1. The summed E-state index contributed by atoms with van der Waals surface area (Å²) in [5.41, 5.74) is 11.7. The van der Waals surface area contributed by atoms with Crippen LogP contribution in [0, 0.1) is 12.1 Å². The fraction of sp³-hybridized carbons (Fsp3) is 0.164. The number of hydrogen-bond donors (Lipinski definition) is 0. The summed E-state index contributed by atoms with van der Waals surface area (Å²) in [5.74, 6) is 8.69. The predicted molar refractivity (Wildman–Crippen MR) is 261 cm³/mol. The fourth-order valence-corrected chi connectivity index (χ4v) is 11.6. The number of aromatic nitrogens is 3. The Kier molecular flexibility index (Phi) is 12.3. The number of hydrogen-bond acceptors (Lipinski definition) is 3. The monoisotopic (exact) mass is 1050 g/mol. The quantitative estimate of drug-likeness (QED) is 0.118. The number of benzene rings is 7. The summed E-state index contributed by atoms with van der Waals surface area (Å²) in [4.78, 5) is 9.98. The third kappa shape index (κ3) is 8.30. The molecule has 0 fully saturated rings. The molecule has 0 aliphatic heterocycles. The van der Waals surface area contributed by atoms with Crippen LogP contribution in [0.15, 0.2) is 158 Å². The Bertz CT molecular complexity index is 3090. The van der Waals surface area contributed by atoms with Gasteiger partial charge < -0.3 is 4.57 Å². The molecule has 0 saturated carbocycles. The van der Waals surface area contributed by atoms with Gasteiger partial charge in [-0.15, -0.1) is 18.2 Å². The van der Waals surface area contributed by atoms with E-state index in [1.807, 2.05) is 41.8 Å². The molecule has 0 aliphatic rings. The molecule has 305 valence electrons. The molecule has 10 rings (SSSR count). The number of fused-ring (bicyclic) bond motifs is 6. The van der Waals surface area contributed by atoms with Gasteiger partial charge in [0.25, 0.3) is 0 Å². The van der Waals surface area contributed by atoms with E-state index in [4.69, 9.17) is 4.98 Å². The molecular weight excluding hydrogens is 1000 g/mol. The molecule has 0 bridgehead atoms. The van der Waals surface area contributed by atoms with Crippen LogP contribution in [-0.4, -0.2) is 27.8 Å². The summed E-state index contributed by atoms with van der Waals surface area (Å²) in [5, 5.41) is 4.97. The molecule has 61 heavy (non-hydrogen) atoms. The van der Waals surface area contributed by atoms with Crippen molar-refractivity contribution in [1.29, 1.82) is 0 Å². The van der Waals surface area contributed by atoms with E-state index >= 15 is 0 Å². The zero-order chi connectivity index (χ0) is 41.5.